The normalized spacial score (nSPS) is 14.9. The molecule has 1 amide bonds. The third kappa shape index (κ3) is 3.01. The smallest absolute Gasteiger partial charge is 0.253 e. The van der Waals surface area contributed by atoms with Crippen LogP contribution < -0.4 is 16.0 Å². The van der Waals surface area contributed by atoms with Gasteiger partial charge in [0.05, 0.1) is 16.9 Å². The van der Waals surface area contributed by atoms with Crippen LogP contribution in [0.25, 0.3) is 0 Å². The second kappa shape index (κ2) is 5.86. The molecule has 0 fully saturated rings. The number of hydrogen-bond donors (Lipinski definition) is 3. The lowest BCUT2D eigenvalue weighted by Crippen LogP contribution is -2.30. The molecular formula is C12H17N3O2S. The molecule has 5 nitrogen and oxygen atoms in total. The van der Waals surface area contributed by atoms with Gasteiger partial charge in [-0.1, -0.05) is 6.07 Å². The van der Waals surface area contributed by atoms with Gasteiger partial charge in [-0.25, -0.2) is 0 Å². The van der Waals surface area contributed by atoms with Gasteiger partial charge in [-0.15, -0.1) is 0 Å². The van der Waals surface area contributed by atoms with Crippen LogP contribution in [0.4, 0.5) is 11.4 Å². The molecule has 98 valence electrons. The summed E-state index contributed by atoms with van der Waals surface area (Å²) in [6.45, 7) is 2.09. The van der Waals surface area contributed by atoms with Crippen molar-refractivity contribution in [1.82, 2.24) is 5.32 Å². The van der Waals surface area contributed by atoms with Gasteiger partial charge in [-0.05, 0) is 12.1 Å². The molecule has 1 unspecified atom stereocenters. The van der Waals surface area contributed by atoms with Gasteiger partial charge in [-0.2, -0.15) is 0 Å². The minimum atomic E-state index is -0.883. The predicted octanol–water partition coefficient (Wildman–Crippen LogP) is 0.632. The largest absolute Gasteiger partial charge is 0.382 e. The van der Waals surface area contributed by atoms with Gasteiger partial charge < -0.3 is 16.0 Å². The number of carbonyl (C=O) groups excluding carboxylic acids is 1. The van der Waals surface area contributed by atoms with E-state index in [-0.39, 0.29) is 5.91 Å². The molecule has 2 rings (SSSR count). The van der Waals surface area contributed by atoms with Crippen LogP contribution in [-0.2, 0) is 10.8 Å². The Morgan fingerprint density at radius 3 is 2.94 bits per heavy atom. The van der Waals surface area contributed by atoms with E-state index in [4.69, 9.17) is 0 Å². The third-order valence-corrected chi connectivity index (χ3v) is 3.51. The lowest BCUT2D eigenvalue weighted by molar-refractivity contribution is 0.0957. The molecule has 1 aromatic rings. The highest BCUT2D eigenvalue weighted by Crippen LogP contribution is 2.27. The molecule has 0 saturated heterocycles. The quantitative estimate of drug-likeness (QED) is 0.748. The molecule has 0 spiro atoms. The minimum Gasteiger partial charge on any atom is -0.382 e. The van der Waals surface area contributed by atoms with Crippen molar-refractivity contribution in [3.8, 4) is 0 Å². The number of para-hydroxylation sites is 1. The average Bonchev–Trinajstić information content (AvgIpc) is 2.37. The van der Waals surface area contributed by atoms with Gasteiger partial charge in [0.2, 0.25) is 0 Å². The van der Waals surface area contributed by atoms with E-state index in [2.05, 4.69) is 16.0 Å². The molecule has 1 aliphatic heterocycles. The van der Waals surface area contributed by atoms with E-state index in [9.17, 15) is 9.00 Å². The summed E-state index contributed by atoms with van der Waals surface area (Å²) in [4.78, 5) is 12.0. The van der Waals surface area contributed by atoms with Crippen LogP contribution in [-0.4, -0.2) is 41.8 Å². The molecule has 1 atom stereocenters. The van der Waals surface area contributed by atoms with Gasteiger partial charge in [0.25, 0.3) is 5.91 Å². The molecular weight excluding hydrogens is 250 g/mol. The topological polar surface area (TPSA) is 70.2 Å². The Kier molecular flexibility index (Phi) is 4.19. The summed E-state index contributed by atoms with van der Waals surface area (Å²) in [6.07, 6.45) is 1.63. The summed E-state index contributed by atoms with van der Waals surface area (Å²) < 4.78 is 10.9. The lowest BCUT2D eigenvalue weighted by Gasteiger charge is -2.22. The zero-order chi connectivity index (χ0) is 13.0. The van der Waals surface area contributed by atoms with Crippen LogP contribution in [0.15, 0.2) is 18.2 Å². The Morgan fingerprint density at radius 1 is 1.39 bits per heavy atom. The molecule has 0 bridgehead atoms. The van der Waals surface area contributed by atoms with E-state index in [1.54, 1.807) is 12.3 Å². The maximum Gasteiger partial charge on any atom is 0.253 e. The molecule has 1 aromatic carbocycles. The van der Waals surface area contributed by atoms with Gasteiger partial charge in [0.1, 0.15) is 0 Å². The fourth-order valence-corrected chi connectivity index (χ4v) is 2.26. The Balaban J connectivity index is 2.08. The summed E-state index contributed by atoms with van der Waals surface area (Å²) in [7, 11) is -0.883. The van der Waals surface area contributed by atoms with E-state index in [0.717, 1.165) is 24.5 Å². The predicted molar refractivity (Wildman–Crippen MR) is 74.7 cm³/mol. The maximum atomic E-state index is 12.0. The summed E-state index contributed by atoms with van der Waals surface area (Å²) in [6, 6.07) is 5.59. The van der Waals surface area contributed by atoms with Crippen molar-refractivity contribution in [1.29, 1.82) is 0 Å². The first-order chi connectivity index (χ1) is 8.68. The first-order valence-electron chi connectivity index (χ1n) is 5.87. The number of benzene rings is 1. The molecule has 0 aliphatic carbocycles. The number of amides is 1. The zero-order valence-electron chi connectivity index (χ0n) is 10.3. The number of fused-ring (bicyclic) bond motifs is 1. The van der Waals surface area contributed by atoms with Crippen molar-refractivity contribution in [3.63, 3.8) is 0 Å². The Morgan fingerprint density at radius 2 is 2.17 bits per heavy atom. The molecule has 1 aliphatic rings. The maximum absolute atomic E-state index is 12.0. The molecule has 0 saturated carbocycles. The number of nitrogens with one attached hydrogen (secondary N) is 3. The highest BCUT2D eigenvalue weighted by Gasteiger charge is 2.16. The fraction of sp³-hybridized carbons (Fsp3) is 0.417. The first-order valence-corrected chi connectivity index (χ1v) is 7.60. The monoisotopic (exact) mass is 267 g/mol. The number of hydrogen-bond acceptors (Lipinski definition) is 4. The van der Waals surface area contributed by atoms with E-state index >= 15 is 0 Å². The average molecular weight is 267 g/mol. The number of carbonyl (C=O) groups is 1. The van der Waals surface area contributed by atoms with Gasteiger partial charge in [0.15, 0.2) is 0 Å². The molecule has 18 heavy (non-hydrogen) atoms. The summed E-state index contributed by atoms with van der Waals surface area (Å²) in [5.41, 5.74) is 2.42. The number of rotatable bonds is 4. The van der Waals surface area contributed by atoms with Crippen LogP contribution in [0.2, 0.25) is 0 Å². The van der Waals surface area contributed by atoms with Crippen molar-refractivity contribution < 1.29 is 9.00 Å². The molecule has 3 N–H and O–H groups in total. The van der Waals surface area contributed by atoms with Crippen LogP contribution in [0, 0.1) is 0 Å². The zero-order valence-corrected chi connectivity index (χ0v) is 11.1. The Labute approximate surface area is 109 Å². The highest BCUT2D eigenvalue weighted by atomic mass is 32.2. The second-order valence-corrected chi connectivity index (χ2v) is 5.67. The lowest BCUT2D eigenvalue weighted by atomic mass is 10.1. The first kappa shape index (κ1) is 12.9. The Bertz CT molecular complexity index is 476. The van der Waals surface area contributed by atoms with Crippen molar-refractivity contribution in [3.05, 3.63) is 23.8 Å². The van der Waals surface area contributed by atoms with Crippen LogP contribution in [0.3, 0.4) is 0 Å². The third-order valence-electron chi connectivity index (χ3n) is 2.73. The van der Waals surface area contributed by atoms with Crippen LogP contribution in [0.5, 0.6) is 0 Å². The van der Waals surface area contributed by atoms with Crippen molar-refractivity contribution in [2.75, 3.05) is 42.3 Å². The summed E-state index contributed by atoms with van der Waals surface area (Å²) in [5, 5.41) is 9.25. The van der Waals surface area contributed by atoms with E-state index < -0.39 is 10.8 Å². The standard InChI is InChI=1S/C12H17N3O2S/c1-18(17)8-7-15-12(16)9-3-2-4-10-11(9)14-6-5-13-10/h2-4,13-14H,5-8H2,1H3,(H,15,16). The van der Waals surface area contributed by atoms with Crippen molar-refractivity contribution in [2.24, 2.45) is 0 Å². The second-order valence-electron chi connectivity index (χ2n) is 4.11. The Hall–Kier alpha value is -1.56. The summed E-state index contributed by atoms with van der Waals surface area (Å²) >= 11 is 0. The summed E-state index contributed by atoms with van der Waals surface area (Å²) in [5.74, 6) is 0.348. The van der Waals surface area contributed by atoms with E-state index in [1.807, 2.05) is 12.1 Å². The molecule has 0 aromatic heterocycles. The van der Waals surface area contributed by atoms with Gasteiger partial charge in [0, 0.05) is 42.4 Å². The molecule has 0 radical (unpaired) electrons. The van der Waals surface area contributed by atoms with Gasteiger partial charge >= 0.3 is 0 Å². The fourth-order valence-electron chi connectivity index (χ4n) is 1.87. The SMILES string of the molecule is CS(=O)CCNC(=O)c1cccc2c1NCCN2. The molecule has 6 heteroatoms. The van der Waals surface area contributed by atoms with E-state index in [0.29, 0.717) is 17.9 Å². The van der Waals surface area contributed by atoms with Gasteiger partial charge in [-0.3, -0.25) is 9.00 Å². The van der Waals surface area contributed by atoms with E-state index in [1.165, 1.54) is 0 Å². The van der Waals surface area contributed by atoms with Crippen LogP contribution in [0.1, 0.15) is 10.4 Å². The van der Waals surface area contributed by atoms with Crippen LogP contribution >= 0.6 is 0 Å². The van der Waals surface area contributed by atoms with Crippen molar-refractivity contribution >= 4 is 28.1 Å². The highest BCUT2D eigenvalue weighted by molar-refractivity contribution is 7.84. The van der Waals surface area contributed by atoms with Crippen molar-refractivity contribution in [2.45, 2.75) is 0 Å². The molecule has 1 heterocycles. The number of anilines is 2. The minimum absolute atomic E-state index is 0.131.